The van der Waals surface area contributed by atoms with Crippen molar-refractivity contribution in [3.05, 3.63) is 24.8 Å². The predicted octanol–water partition coefficient (Wildman–Crippen LogP) is 5.65. The van der Waals surface area contributed by atoms with Gasteiger partial charge in [-0.15, -0.1) is 0 Å². The summed E-state index contributed by atoms with van der Waals surface area (Å²) in [5.74, 6) is -6.29. The van der Waals surface area contributed by atoms with Crippen LogP contribution in [-0.2, 0) is 24.0 Å². The highest BCUT2D eigenvalue weighted by Gasteiger charge is 2.28. The second-order valence-electron chi connectivity index (χ2n) is 7.19. The lowest BCUT2D eigenvalue weighted by Crippen LogP contribution is -2.17. The predicted molar refractivity (Wildman–Crippen MR) is 115 cm³/mol. The summed E-state index contributed by atoms with van der Waals surface area (Å²) in [4.78, 5) is 50.8. The number of halogens is 4. The van der Waals surface area contributed by atoms with Crippen molar-refractivity contribution in [1.29, 1.82) is 0 Å². The summed E-state index contributed by atoms with van der Waals surface area (Å²) in [6.07, 6.45) is 2.62. The number of carbonyl (C=O) groups is 5. The molecule has 0 saturated heterocycles. The van der Waals surface area contributed by atoms with Crippen molar-refractivity contribution in [1.82, 2.24) is 0 Å². The smallest absolute Gasteiger partial charge is 0.249 e. The molecule has 0 aromatic heterocycles. The Morgan fingerprint density at radius 3 is 1.38 bits per heavy atom. The standard InChI is InChI=1S/C11H16F2O2.C8H12F2O2.C4H6O/c1-9(14)5-3-4-7-11(12,13)8-6-10(2)15;1-7(12)3-5-8(9,10)4-2-6-11;1-3-4(2)5/h3,5H,4,6-8H2,1-2H3;6H,2-5H2,1H3;3H,1H2,2H3/b5-3+;;. The van der Waals surface area contributed by atoms with Gasteiger partial charge in [-0.25, -0.2) is 17.6 Å². The van der Waals surface area contributed by atoms with Crippen LogP contribution >= 0.6 is 0 Å². The van der Waals surface area contributed by atoms with Gasteiger partial charge in [0, 0.05) is 44.9 Å². The van der Waals surface area contributed by atoms with Crippen LogP contribution < -0.4 is 0 Å². The van der Waals surface area contributed by atoms with Crippen LogP contribution in [-0.4, -0.2) is 41.3 Å². The van der Waals surface area contributed by atoms with Crippen LogP contribution in [0.4, 0.5) is 17.6 Å². The summed E-state index contributed by atoms with van der Waals surface area (Å²) < 4.78 is 51.4. The lowest BCUT2D eigenvalue weighted by molar-refractivity contribution is -0.120. The first-order chi connectivity index (χ1) is 14.6. The summed E-state index contributed by atoms with van der Waals surface area (Å²) in [6.45, 7) is 8.61. The van der Waals surface area contributed by atoms with Gasteiger partial charge in [-0.05, 0) is 46.3 Å². The van der Waals surface area contributed by atoms with E-state index < -0.39 is 31.1 Å². The number of aldehydes is 1. The van der Waals surface area contributed by atoms with Gasteiger partial charge in [0.15, 0.2) is 11.6 Å². The van der Waals surface area contributed by atoms with Gasteiger partial charge in [-0.1, -0.05) is 12.7 Å². The minimum atomic E-state index is -2.87. The first-order valence-corrected chi connectivity index (χ1v) is 10.1. The fourth-order valence-corrected chi connectivity index (χ4v) is 1.78. The molecule has 0 rings (SSSR count). The van der Waals surface area contributed by atoms with E-state index in [0.29, 0.717) is 6.29 Å². The SMILES string of the molecule is C=CC(C)=O.CC(=O)/C=C/CCC(F)(F)CCC(C)=O.CC(=O)CCC(F)(F)CCC=O. The van der Waals surface area contributed by atoms with Gasteiger partial charge >= 0.3 is 0 Å². The Balaban J connectivity index is -0.000000441. The van der Waals surface area contributed by atoms with E-state index in [4.69, 9.17) is 0 Å². The Bertz CT molecular complexity index is 640. The lowest BCUT2D eigenvalue weighted by atomic mass is 10.1. The van der Waals surface area contributed by atoms with Gasteiger partial charge in [-0.3, -0.25) is 9.59 Å². The largest absolute Gasteiger partial charge is 0.303 e. The molecule has 0 N–H and O–H groups in total. The second kappa shape index (κ2) is 19.3. The molecule has 0 atom stereocenters. The number of carbonyl (C=O) groups excluding carboxylic acids is 5. The van der Waals surface area contributed by atoms with E-state index in [0.717, 1.165) is 0 Å². The van der Waals surface area contributed by atoms with Crippen molar-refractivity contribution < 1.29 is 41.5 Å². The fourth-order valence-electron chi connectivity index (χ4n) is 1.78. The molecule has 0 bridgehead atoms. The molecule has 0 amide bonds. The van der Waals surface area contributed by atoms with E-state index in [2.05, 4.69) is 6.58 Å². The zero-order valence-corrected chi connectivity index (χ0v) is 19.2. The van der Waals surface area contributed by atoms with Crippen LogP contribution in [0.2, 0.25) is 0 Å². The molecular weight excluding hydrogens is 432 g/mol. The maximum absolute atomic E-state index is 13.0. The molecule has 0 heterocycles. The number of hydrogen-bond donors (Lipinski definition) is 0. The molecule has 0 saturated carbocycles. The topological polar surface area (TPSA) is 85.3 Å². The first-order valence-electron chi connectivity index (χ1n) is 10.1. The van der Waals surface area contributed by atoms with Gasteiger partial charge < -0.3 is 14.4 Å². The number of alkyl halides is 4. The van der Waals surface area contributed by atoms with Gasteiger partial charge in [0.05, 0.1) is 0 Å². The van der Waals surface area contributed by atoms with Crippen molar-refractivity contribution in [3.8, 4) is 0 Å². The zero-order valence-electron chi connectivity index (χ0n) is 19.2. The van der Waals surface area contributed by atoms with Crippen molar-refractivity contribution in [3.63, 3.8) is 0 Å². The number of Topliss-reactive ketones (excluding diaryl/α,β-unsaturated/α-hetero) is 2. The molecule has 9 heteroatoms. The molecule has 0 radical (unpaired) electrons. The third-order valence-electron chi connectivity index (χ3n) is 3.63. The minimum Gasteiger partial charge on any atom is -0.303 e. The zero-order chi connectivity index (χ0) is 25.8. The molecule has 0 aromatic rings. The first kappa shape index (κ1) is 34.2. The molecular formula is C23H34F4O5. The monoisotopic (exact) mass is 466 g/mol. The second-order valence-corrected chi connectivity index (χ2v) is 7.19. The third-order valence-corrected chi connectivity index (χ3v) is 3.63. The van der Waals surface area contributed by atoms with E-state index in [-0.39, 0.29) is 55.2 Å². The van der Waals surface area contributed by atoms with Gasteiger partial charge in [-0.2, -0.15) is 0 Å². The number of allylic oxidation sites excluding steroid dienone is 3. The summed E-state index contributed by atoms with van der Waals surface area (Å²) >= 11 is 0. The molecule has 5 nitrogen and oxygen atoms in total. The van der Waals surface area contributed by atoms with Crippen LogP contribution in [0.3, 0.4) is 0 Å². The van der Waals surface area contributed by atoms with Crippen molar-refractivity contribution in [2.24, 2.45) is 0 Å². The summed E-state index contributed by atoms with van der Waals surface area (Å²) in [5.41, 5.74) is 0. The minimum absolute atomic E-state index is 0.0185. The summed E-state index contributed by atoms with van der Waals surface area (Å²) in [5, 5.41) is 0. The molecule has 0 aliphatic carbocycles. The van der Waals surface area contributed by atoms with Crippen LogP contribution in [0.15, 0.2) is 24.8 Å². The molecule has 0 aromatic carbocycles. The molecule has 0 fully saturated rings. The Morgan fingerprint density at radius 1 is 0.719 bits per heavy atom. The Kier molecular flexibility index (Phi) is 20.6. The molecule has 0 aliphatic heterocycles. The normalized spacial score (nSPS) is 10.9. The highest BCUT2D eigenvalue weighted by molar-refractivity contribution is 5.87. The average Bonchev–Trinajstić information content (AvgIpc) is 2.68. The Hall–Kier alpha value is -2.45. The fraction of sp³-hybridized carbons (Fsp3) is 0.609. The van der Waals surface area contributed by atoms with Crippen LogP contribution in [0.5, 0.6) is 0 Å². The Morgan fingerprint density at radius 2 is 1.09 bits per heavy atom. The maximum atomic E-state index is 13.0. The summed E-state index contributed by atoms with van der Waals surface area (Å²) in [7, 11) is 0. The average molecular weight is 467 g/mol. The molecule has 0 aliphatic rings. The highest BCUT2D eigenvalue weighted by Crippen LogP contribution is 2.26. The van der Waals surface area contributed by atoms with Gasteiger partial charge in [0.2, 0.25) is 11.8 Å². The number of ketones is 4. The molecule has 32 heavy (non-hydrogen) atoms. The van der Waals surface area contributed by atoms with Crippen LogP contribution in [0.25, 0.3) is 0 Å². The van der Waals surface area contributed by atoms with E-state index in [1.807, 2.05) is 0 Å². The number of hydrogen-bond acceptors (Lipinski definition) is 5. The van der Waals surface area contributed by atoms with Gasteiger partial charge in [0.1, 0.15) is 17.9 Å². The maximum Gasteiger partial charge on any atom is 0.249 e. The molecule has 184 valence electrons. The van der Waals surface area contributed by atoms with Crippen molar-refractivity contribution >= 4 is 29.4 Å². The highest BCUT2D eigenvalue weighted by atomic mass is 19.3. The van der Waals surface area contributed by atoms with Crippen LogP contribution in [0, 0.1) is 0 Å². The Labute approximate surface area is 187 Å². The van der Waals surface area contributed by atoms with Gasteiger partial charge in [0.25, 0.3) is 0 Å². The van der Waals surface area contributed by atoms with Crippen LogP contribution in [0.1, 0.15) is 79.1 Å². The third kappa shape index (κ3) is 32.2. The number of rotatable bonds is 14. The molecule has 0 spiro atoms. The quantitative estimate of drug-likeness (QED) is 0.188. The van der Waals surface area contributed by atoms with Crippen molar-refractivity contribution in [2.75, 3.05) is 0 Å². The van der Waals surface area contributed by atoms with Crippen molar-refractivity contribution in [2.45, 2.75) is 90.9 Å². The van der Waals surface area contributed by atoms with E-state index in [9.17, 15) is 41.5 Å². The molecule has 0 unspecified atom stereocenters. The van der Waals surface area contributed by atoms with E-state index >= 15 is 0 Å². The summed E-state index contributed by atoms with van der Waals surface area (Å²) in [6, 6.07) is 0. The van der Waals surface area contributed by atoms with E-state index in [1.165, 1.54) is 45.9 Å². The van der Waals surface area contributed by atoms with E-state index in [1.54, 1.807) is 0 Å². The lowest BCUT2D eigenvalue weighted by Gasteiger charge is -2.13.